The highest BCUT2D eigenvalue weighted by molar-refractivity contribution is 9.11. The number of nitrogens with one attached hydrogen (secondary N) is 1. The molecule has 1 unspecified atom stereocenters. The van der Waals surface area contributed by atoms with Crippen LogP contribution < -0.4 is 5.32 Å². The molecule has 0 radical (unpaired) electrons. The highest BCUT2D eigenvalue weighted by atomic mass is 79.9. The number of ether oxygens (including phenoxy) is 1. The minimum absolute atomic E-state index is 0.142. The van der Waals surface area contributed by atoms with Gasteiger partial charge in [-0.3, -0.25) is 0 Å². The average molecular weight is 421 g/mol. The number of thioether (sulfide) groups is 1. The molecule has 2 fully saturated rings. The number of hydrogen-bond donors (Lipinski definition) is 1. The van der Waals surface area contributed by atoms with Gasteiger partial charge in [-0.2, -0.15) is 11.8 Å². The Bertz CT molecular complexity index is 471. The summed E-state index contributed by atoms with van der Waals surface area (Å²) in [5, 5.41) is 3.69. The highest BCUT2D eigenvalue weighted by Gasteiger charge is 2.38. The van der Waals surface area contributed by atoms with Crippen molar-refractivity contribution in [3.63, 3.8) is 0 Å². The van der Waals surface area contributed by atoms with Gasteiger partial charge in [0.1, 0.15) is 0 Å². The van der Waals surface area contributed by atoms with Gasteiger partial charge in [-0.05, 0) is 71.3 Å². The van der Waals surface area contributed by atoms with Crippen LogP contribution in [0.1, 0.15) is 25.7 Å². The van der Waals surface area contributed by atoms with Crippen LogP contribution in [0.15, 0.2) is 27.1 Å². The monoisotopic (exact) mass is 419 g/mol. The van der Waals surface area contributed by atoms with Crippen LogP contribution in [0.2, 0.25) is 0 Å². The third-order valence-corrected chi connectivity index (χ3v) is 6.32. The Kier molecular flexibility index (Phi) is 5.01. The Hall–Kier alpha value is 0.290. The third kappa shape index (κ3) is 3.54. The minimum atomic E-state index is 0.142. The van der Waals surface area contributed by atoms with E-state index in [1.165, 1.54) is 30.0 Å². The van der Waals surface area contributed by atoms with Gasteiger partial charge >= 0.3 is 0 Å². The lowest BCUT2D eigenvalue weighted by Crippen LogP contribution is -2.46. The summed E-state index contributed by atoms with van der Waals surface area (Å²) < 4.78 is 8.37. The zero-order valence-corrected chi connectivity index (χ0v) is 15.3. The van der Waals surface area contributed by atoms with Crippen molar-refractivity contribution in [3.05, 3.63) is 27.1 Å². The number of rotatable bonds is 2. The number of benzene rings is 1. The Morgan fingerprint density at radius 3 is 2.80 bits per heavy atom. The lowest BCUT2D eigenvalue weighted by Gasteiger charge is -2.43. The molecule has 0 bridgehead atoms. The zero-order valence-electron chi connectivity index (χ0n) is 11.3. The summed E-state index contributed by atoms with van der Waals surface area (Å²) >= 11 is 9.19. The molecule has 0 saturated carbocycles. The summed E-state index contributed by atoms with van der Waals surface area (Å²) in [6, 6.07) is 6.82. The van der Waals surface area contributed by atoms with Crippen LogP contribution in [0.4, 0.5) is 5.69 Å². The van der Waals surface area contributed by atoms with E-state index in [1.807, 2.05) is 0 Å². The van der Waals surface area contributed by atoms with E-state index in [9.17, 15) is 0 Å². The fourth-order valence-corrected chi connectivity index (χ4v) is 5.47. The van der Waals surface area contributed by atoms with Gasteiger partial charge in [0.05, 0.1) is 5.60 Å². The van der Waals surface area contributed by atoms with Gasteiger partial charge in [0.15, 0.2) is 0 Å². The van der Waals surface area contributed by atoms with Crippen LogP contribution in [0.25, 0.3) is 0 Å². The van der Waals surface area contributed by atoms with Gasteiger partial charge in [0.2, 0.25) is 0 Å². The van der Waals surface area contributed by atoms with Crippen molar-refractivity contribution in [2.45, 2.75) is 37.3 Å². The number of anilines is 1. The van der Waals surface area contributed by atoms with Crippen LogP contribution in [0.3, 0.4) is 0 Å². The van der Waals surface area contributed by atoms with Crippen molar-refractivity contribution >= 4 is 49.3 Å². The normalized spacial score (nSPS) is 25.6. The molecule has 2 heterocycles. The van der Waals surface area contributed by atoms with E-state index in [0.717, 1.165) is 28.4 Å². The van der Waals surface area contributed by atoms with Crippen molar-refractivity contribution in [2.24, 2.45) is 0 Å². The van der Waals surface area contributed by atoms with Crippen molar-refractivity contribution < 1.29 is 4.74 Å². The molecule has 3 rings (SSSR count). The average Bonchev–Trinajstić information content (AvgIpc) is 2.43. The van der Waals surface area contributed by atoms with E-state index in [1.54, 1.807) is 0 Å². The Balaban J connectivity index is 1.68. The van der Waals surface area contributed by atoms with Crippen LogP contribution in [-0.2, 0) is 4.74 Å². The predicted molar refractivity (Wildman–Crippen MR) is 93.7 cm³/mol. The second-order valence-electron chi connectivity index (χ2n) is 5.60. The molecule has 2 saturated heterocycles. The minimum Gasteiger partial charge on any atom is -0.381 e. The fourth-order valence-electron chi connectivity index (χ4n) is 3.07. The smallest absolute Gasteiger partial charge is 0.0717 e. The maximum absolute atomic E-state index is 6.15. The standard InChI is InChI=1S/C15H19Br2NOS/c16-11-1-2-14(13(17)9-11)18-12-3-6-19-15(10-12)4-7-20-8-5-15/h1-2,9,12,18H,3-8,10H2. The summed E-state index contributed by atoms with van der Waals surface area (Å²) in [7, 11) is 0. The zero-order chi connectivity index (χ0) is 14.0. The van der Waals surface area contributed by atoms with E-state index in [2.05, 4.69) is 67.1 Å². The molecular weight excluding hydrogens is 402 g/mol. The molecule has 0 aliphatic carbocycles. The first-order chi connectivity index (χ1) is 9.67. The van der Waals surface area contributed by atoms with E-state index >= 15 is 0 Å². The molecule has 20 heavy (non-hydrogen) atoms. The van der Waals surface area contributed by atoms with Crippen molar-refractivity contribution in [1.29, 1.82) is 0 Å². The first-order valence-corrected chi connectivity index (χ1v) is 9.84. The summed E-state index contributed by atoms with van der Waals surface area (Å²) in [6.45, 7) is 0.885. The predicted octanol–water partition coefficient (Wildman–Crippen LogP) is 5.07. The molecule has 1 spiro atoms. The highest BCUT2D eigenvalue weighted by Crippen LogP contribution is 2.39. The fraction of sp³-hybridized carbons (Fsp3) is 0.600. The second-order valence-corrected chi connectivity index (χ2v) is 8.60. The Morgan fingerprint density at radius 2 is 2.05 bits per heavy atom. The first kappa shape index (κ1) is 15.2. The van der Waals surface area contributed by atoms with Gasteiger partial charge in [-0.25, -0.2) is 0 Å². The molecule has 2 aliphatic rings. The maximum atomic E-state index is 6.15. The SMILES string of the molecule is Brc1ccc(NC2CCOC3(CCSCC3)C2)c(Br)c1. The van der Waals surface area contributed by atoms with Crippen LogP contribution in [0, 0.1) is 0 Å². The molecule has 110 valence electrons. The van der Waals surface area contributed by atoms with Crippen molar-refractivity contribution in [1.82, 2.24) is 0 Å². The van der Waals surface area contributed by atoms with E-state index in [-0.39, 0.29) is 5.60 Å². The molecule has 1 atom stereocenters. The Morgan fingerprint density at radius 1 is 1.25 bits per heavy atom. The van der Waals surface area contributed by atoms with E-state index < -0.39 is 0 Å². The van der Waals surface area contributed by atoms with Crippen LogP contribution in [-0.4, -0.2) is 29.8 Å². The molecule has 0 aromatic heterocycles. The lowest BCUT2D eigenvalue weighted by atomic mass is 9.85. The third-order valence-electron chi connectivity index (χ3n) is 4.19. The topological polar surface area (TPSA) is 21.3 Å². The molecule has 1 N–H and O–H groups in total. The van der Waals surface area contributed by atoms with E-state index in [0.29, 0.717) is 6.04 Å². The summed E-state index contributed by atoms with van der Waals surface area (Å²) in [4.78, 5) is 0. The van der Waals surface area contributed by atoms with Crippen LogP contribution in [0.5, 0.6) is 0 Å². The molecule has 0 amide bonds. The van der Waals surface area contributed by atoms with Crippen LogP contribution >= 0.6 is 43.6 Å². The largest absolute Gasteiger partial charge is 0.381 e. The molecule has 1 aromatic rings. The van der Waals surface area contributed by atoms with Crippen molar-refractivity contribution in [2.75, 3.05) is 23.4 Å². The lowest BCUT2D eigenvalue weighted by molar-refractivity contribution is -0.0865. The maximum Gasteiger partial charge on any atom is 0.0717 e. The van der Waals surface area contributed by atoms with Crippen molar-refractivity contribution in [3.8, 4) is 0 Å². The second kappa shape index (κ2) is 6.59. The molecule has 2 aliphatic heterocycles. The van der Waals surface area contributed by atoms with Gasteiger partial charge < -0.3 is 10.1 Å². The summed E-state index contributed by atoms with van der Waals surface area (Å²) in [6.07, 6.45) is 4.64. The van der Waals surface area contributed by atoms with Gasteiger partial charge in [-0.15, -0.1) is 0 Å². The van der Waals surface area contributed by atoms with Gasteiger partial charge in [0, 0.05) is 27.3 Å². The summed E-state index contributed by atoms with van der Waals surface area (Å²) in [5.74, 6) is 2.49. The quantitative estimate of drug-likeness (QED) is 0.721. The van der Waals surface area contributed by atoms with E-state index in [4.69, 9.17) is 4.74 Å². The number of halogens is 2. The molecular formula is C15H19Br2NOS. The molecule has 5 heteroatoms. The molecule has 1 aromatic carbocycles. The number of hydrogen-bond acceptors (Lipinski definition) is 3. The van der Waals surface area contributed by atoms with Gasteiger partial charge in [-0.1, -0.05) is 15.9 Å². The van der Waals surface area contributed by atoms with Gasteiger partial charge in [0.25, 0.3) is 0 Å². The first-order valence-electron chi connectivity index (χ1n) is 7.10. The summed E-state index contributed by atoms with van der Waals surface area (Å²) in [5.41, 5.74) is 1.32. The molecule has 2 nitrogen and oxygen atoms in total. The Labute approximate surface area is 141 Å².